The summed E-state index contributed by atoms with van der Waals surface area (Å²) in [5.41, 5.74) is 1.09. The second kappa shape index (κ2) is 5.65. The highest BCUT2D eigenvalue weighted by atomic mass is 79.9. The van der Waals surface area contributed by atoms with Crippen molar-refractivity contribution in [1.29, 1.82) is 0 Å². The summed E-state index contributed by atoms with van der Waals surface area (Å²) < 4.78 is 15.0. The minimum absolute atomic E-state index is 0.115. The van der Waals surface area contributed by atoms with E-state index in [1.165, 1.54) is 29.8 Å². The van der Waals surface area contributed by atoms with Crippen LogP contribution in [0.1, 0.15) is 16.1 Å². The van der Waals surface area contributed by atoms with Crippen LogP contribution in [0.15, 0.2) is 28.7 Å². The Kier molecular flexibility index (Phi) is 4.08. The summed E-state index contributed by atoms with van der Waals surface area (Å²) in [6.07, 6.45) is 0. The highest BCUT2D eigenvalue weighted by molar-refractivity contribution is 9.10. The Morgan fingerprint density at radius 2 is 2.10 bits per heavy atom. The second-order valence-electron chi connectivity index (χ2n) is 4.43. The number of hydrogen-bond donors (Lipinski definition) is 1. The van der Waals surface area contributed by atoms with E-state index in [-0.39, 0.29) is 11.5 Å². The molecule has 0 unspecified atom stereocenters. The maximum Gasteiger partial charge on any atom is 0.323 e. The maximum atomic E-state index is 13.5. The van der Waals surface area contributed by atoms with Crippen molar-refractivity contribution in [1.82, 2.24) is 4.57 Å². The summed E-state index contributed by atoms with van der Waals surface area (Å²) in [6, 6.07) is 5.31. The lowest BCUT2D eigenvalue weighted by molar-refractivity contribution is -0.391. The number of hydrogen-bond acceptors (Lipinski definition) is 3. The van der Waals surface area contributed by atoms with Crippen LogP contribution in [0.2, 0.25) is 0 Å². The van der Waals surface area contributed by atoms with Crippen LogP contribution in [0.5, 0.6) is 0 Å². The first-order valence-corrected chi connectivity index (χ1v) is 6.67. The molecular formula is C13H11BrFN3O3. The fourth-order valence-corrected chi connectivity index (χ4v) is 2.34. The molecule has 0 aliphatic rings. The van der Waals surface area contributed by atoms with E-state index in [1.807, 2.05) is 0 Å². The van der Waals surface area contributed by atoms with Gasteiger partial charge in [0.1, 0.15) is 5.82 Å². The second-order valence-corrected chi connectivity index (χ2v) is 5.28. The first kappa shape index (κ1) is 15.2. The monoisotopic (exact) mass is 355 g/mol. The van der Waals surface area contributed by atoms with Gasteiger partial charge in [0.05, 0.1) is 11.5 Å². The first-order chi connectivity index (χ1) is 9.81. The highest BCUT2D eigenvalue weighted by Gasteiger charge is 2.21. The van der Waals surface area contributed by atoms with E-state index < -0.39 is 16.6 Å². The first-order valence-electron chi connectivity index (χ1n) is 5.88. The Bertz CT molecular complexity index is 743. The number of anilines is 1. The van der Waals surface area contributed by atoms with E-state index in [9.17, 15) is 19.3 Å². The lowest BCUT2D eigenvalue weighted by Gasteiger charge is -2.08. The number of nitrogens with zero attached hydrogens (tertiary/aromatic N) is 2. The molecule has 6 nitrogen and oxygen atoms in total. The quantitative estimate of drug-likeness (QED) is 0.676. The number of nitro groups is 1. The van der Waals surface area contributed by atoms with Crippen molar-refractivity contribution >= 4 is 33.3 Å². The number of rotatable bonds is 3. The number of aryl methyl sites for hydroxylation is 1. The van der Waals surface area contributed by atoms with Crippen LogP contribution in [-0.4, -0.2) is 15.4 Å². The summed E-state index contributed by atoms with van der Waals surface area (Å²) in [5, 5.41) is 13.3. The SMILES string of the molecule is Cc1cc(Br)c(F)cc1NC(=O)c1ccc([N+](=O)[O-])n1C. The normalized spacial score (nSPS) is 10.5. The maximum absolute atomic E-state index is 13.5. The van der Waals surface area contributed by atoms with Gasteiger partial charge in [-0.25, -0.2) is 8.96 Å². The zero-order valence-corrected chi connectivity index (χ0v) is 12.8. The summed E-state index contributed by atoms with van der Waals surface area (Å²) in [6.45, 7) is 1.72. The molecule has 1 N–H and O–H groups in total. The van der Waals surface area contributed by atoms with E-state index in [4.69, 9.17) is 0 Å². The number of aromatic nitrogens is 1. The van der Waals surface area contributed by atoms with Crippen LogP contribution in [-0.2, 0) is 7.05 Å². The Hall–Kier alpha value is -2.22. The van der Waals surface area contributed by atoms with Crippen molar-refractivity contribution < 1.29 is 14.1 Å². The molecule has 1 amide bonds. The third kappa shape index (κ3) is 2.94. The average molecular weight is 356 g/mol. The molecule has 0 bridgehead atoms. The lowest BCUT2D eigenvalue weighted by atomic mass is 10.2. The third-order valence-corrected chi connectivity index (χ3v) is 3.64. The van der Waals surface area contributed by atoms with Crippen molar-refractivity contribution in [3.05, 3.63) is 55.9 Å². The van der Waals surface area contributed by atoms with Gasteiger partial charge in [0.2, 0.25) is 0 Å². The molecule has 8 heteroatoms. The highest BCUT2D eigenvalue weighted by Crippen LogP contribution is 2.25. The van der Waals surface area contributed by atoms with E-state index in [1.54, 1.807) is 13.0 Å². The van der Waals surface area contributed by atoms with Gasteiger partial charge in [-0.15, -0.1) is 0 Å². The van der Waals surface area contributed by atoms with Gasteiger partial charge in [-0.05, 0) is 51.5 Å². The molecule has 2 aromatic rings. The van der Waals surface area contributed by atoms with Gasteiger partial charge >= 0.3 is 5.82 Å². The molecule has 0 spiro atoms. The summed E-state index contributed by atoms with van der Waals surface area (Å²) in [7, 11) is 1.42. The number of carbonyl (C=O) groups excluding carboxylic acids is 1. The van der Waals surface area contributed by atoms with Crippen molar-refractivity contribution in [3.8, 4) is 0 Å². The summed E-state index contributed by atoms with van der Waals surface area (Å²) in [5.74, 6) is -1.25. The van der Waals surface area contributed by atoms with Crippen LogP contribution >= 0.6 is 15.9 Å². The number of halogens is 2. The van der Waals surface area contributed by atoms with Gasteiger partial charge in [-0.3, -0.25) is 4.79 Å². The fraction of sp³-hybridized carbons (Fsp3) is 0.154. The number of benzene rings is 1. The molecule has 1 aromatic heterocycles. The van der Waals surface area contributed by atoms with Crippen LogP contribution in [0.3, 0.4) is 0 Å². The van der Waals surface area contributed by atoms with Gasteiger partial charge in [-0.1, -0.05) is 0 Å². The number of carbonyl (C=O) groups is 1. The molecule has 0 aliphatic carbocycles. The molecule has 0 aliphatic heterocycles. The van der Waals surface area contributed by atoms with Crippen LogP contribution < -0.4 is 5.32 Å². The Morgan fingerprint density at radius 1 is 1.43 bits per heavy atom. The van der Waals surface area contributed by atoms with Gasteiger partial charge in [0, 0.05) is 11.8 Å². The predicted molar refractivity (Wildman–Crippen MR) is 78.9 cm³/mol. The Morgan fingerprint density at radius 3 is 2.67 bits per heavy atom. The van der Waals surface area contributed by atoms with Gasteiger partial charge < -0.3 is 15.4 Å². The number of amides is 1. The lowest BCUT2D eigenvalue weighted by Crippen LogP contribution is -2.17. The largest absolute Gasteiger partial charge is 0.358 e. The molecule has 110 valence electrons. The minimum atomic E-state index is -0.582. The predicted octanol–water partition coefficient (Wildman–Crippen LogP) is 3.40. The average Bonchev–Trinajstić information content (AvgIpc) is 2.78. The molecule has 0 saturated carbocycles. The molecule has 0 radical (unpaired) electrons. The topological polar surface area (TPSA) is 77.2 Å². The zero-order valence-electron chi connectivity index (χ0n) is 11.2. The van der Waals surface area contributed by atoms with Crippen molar-refractivity contribution in [3.63, 3.8) is 0 Å². The van der Waals surface area contributed by atoms with E-state index in [0.717, 1.165) is 0 Å². The van der Waals surface area contributed by atoms with Crippen LogP contribution in [0.25, 0.3) is 0 Å². The van der Waals surface area contributed by atoms with E-state index in [0.29, 0.717) is 15.7 Å². The van der Waals surface area contributed by atoms with Crippen molar-refractivity contribution in [2.45, 2.75) is 6.92 Å². The standard InChI is InChI=1S/C13H11BrFN3O3/c1-7-5-8(14)9(15)6-10(7)16-13(19)11-3-4-12(17(11)2)18(20)21/h3-6H,1-2H3,(H,16,19). The zero-order chi connectivity index (χ0) is 15.7. The molecular weight excluding hydrogens is 345 g/mol. The number of nitrogens with one attached hydrogen (secondary N) is 1. The van der Waals surface area contributed by atoms with Crippen molar-refractivity contribution in [2.75, 3.05) is 5.32 Å². The molecule has 0 fully saturated rings. The molecule has 0 saturated heterocycles. The summed E-state index contributed by atoms with van der Waals surface area (Å²) >= 11 is 3.06. The minimum Gasteiger partial charge on any atom is -0.358 e. The summed E-state index contributed by atoms with van der Waals surface area (Å²) in [4.78, 5) is 22.3. The molecule has 1 heterocycles. The van der Waals surface area contributed by atoms with Crippen LogP contribution in [0.4, 0.5) is 15.9 Å². The van der Waals surface area contributed by atoms with Crippen molar-refractivity contribution in [2.24, 2.45) is 7.05 Å². The fourth-order valence-electron chi connectivity index (χ4n) is 1.88. The molecule has 21 heavy (non-hydrogen) atoms. The van der Waals surface area contributed by atoms with Gasteiger partial charge in [-0.2, -0.15) is 0 Å². The molecule has 2 rings (SSSR count). The Balaban J connectivity index is 2.31. The Labute approximate surface area is 127 Å². The van der Waals surface area contributed by atoms with Gasteiger partial charge in [0.25, 0.3) is 5.91 Å². The van der Waals surface area contributed by atoms with Gasteiger partial charge in [0.15, 0.2) is 5.69 Å². The molecule has 0 atom stereocenters. The smallest absolute Gasteiger partial charge is 0.323 e. The van der Waals surface area contributed by atoms with E-state index >= 15 is 0 Å². The molecule has 1 aromatic carbocycles. The van der Waals surface area contributed by atoms with E-state index in [2.05, 4.69) is 21.2 Å². The third-order valence-electron chi connectivity index (χ3n) is 3.03. The van der Waals surface area contributed by atoms with Crippen LogP contribution in [0, 0.1) is 22.9 Å².